The summed E-state index contributed by atoms with van der Waals surface area (Å²) in [6, 6.07) is 6.64. The minimum absolute atomic E-state index is 0. The molecule has 0 aliphatic rings. The lowest BCUT2D eigenvalue weighted by Crippen LogP contribution is -2.38. The molecule has 21 heavy (non-hydrogen) atoms. The number of terminal acetylenes is 1. The van der Waals surface area contributed by atoms with Crippen LogP contribution in [-0.2, 0) is 5.41 Å². The fraction of sp³-hybridized carbons (Fsp3) is 0.438. The fourth-order valence-corrected chi connectivity index (χ4v) is 1.75. The first-order chi connectivity index (χ1) is 9.49. The Labute approximate surface area is 143 Å². The van der Waals surface area contributed by atoms with Crippen LogP contribution in [0.3, 0.4) is 0 Å². The van der Waals surface area contributed by atoms with Gasteiger partial charge in [0.2, 0.25) is 0 Å². The lowest BCUT2D eigenvalue weighted by molar-refractivity contribution is 0.529. The number of rotatable bonds is 5. The van der Waals surface area contributed by atoms with E-state index in [4.69, 9.17) is 6.42 Å². The number of aliphatic imine (C=N–C) groups is 1. The van der Waals surface area contributed by atoms with Crippen LogP contribution >= 0.6 is 24.0 Å². The summed E-state index contributed by atoms with van der Waals surface area (Å²) in [5.41, 5.74) is 0.676. The third-order valence-electron chi connectivity index (χ3n) is 2.94. The normalized spacial score (nSPS) is 11.3. The minimum atomic E-state index is -0.249. The first-order valence-corrected chi connectivity index (χ1v) is 6.71. The Balaban J connectivity index is 0.00000400. The highest BCUT2D eigenvalue weighted by Gasteiger charge is 2.20. The van der Waals surface area contributed by atoms with Gasteiger partial charge in [-0.05, 0) is 24.6 Å². The largest absolute Gasteiger partial charge is 0.357 e. The fourth-order valence-electron chi connectivity index (χ4n) is 1.75. The lowest BCUT2D eigenvalue weighted by atomic mass is 9.85. The number of guanidine groups is 1. The number of nitrogens with one attached hydrogen (secondary N) is 2. The first-order valence-electron chi connectivity index (χ1n) is 6.71. The molecule has 0 radical (unpaired) electrons. The van der Waals surface area contributed by atoms with Crippen molar-refractivity contribution < 1.29 is 4.39 Å². The maximum atomic E-state index is 13.3. The summed E-state index contributed by atoms with van der Waals surface area (Å²) in [5.74, 6) is 2.96. The molecule has 0 aliphatic carbocycles. The van der Waals surface area contributed by atoms with Gasteiger partial charge in [-0.15, -0.1) is 30.4 Å². The maximum absolute atomic E-state index is 13.3. The van der Waals surface area contributed by atoms with Crippen LogP contribution in [0, 0.1) is 18.2 Å². The summed E-state index contributed by atoms with van der Waals surface area (Å²) >= 11 is 0. The molecule has 5 heteroatoms. The Morgan fingerprint density at radius 2 is 2.10 bits per heavy atom. The average molecular weight is 403 g/mol. The van der Waals surface area contributed by atoms with Gasteiger partial charge in [-0.3, -0.25) is 4.99 Å². The van der Waals surface area contributed by atoms with E-state index in [2.05, 4.69) is 21.5 Å². The SMILES string of the molecule is C#CCNC(=NCC(C)(C)c1cccc(F)c1)NCC.I. The zero-order valence-corrected chi connectivity index (χ0v) is 15.1. The monoisotopic (exact) mass is 403 g/mol. The molecule has 1 aromatic rings. The van der Waals surface area contributed by atoms with Gasteiger partial charge in [-0.1, -0.05) is 31.9 Å². The van der Waals surface area contributed by atoms with Crippen LogP contribution in [0.1, 0.15) is 26.3 Å². The predicted octanol–water partition coefficient (Wildman–Crippen LogP) is 2.91. The second-order valence-electron chi connectivity index (χ2n) is 5.15. The molecule has 0 aliphatic heterocycles. The Morgan fingerprint density at radius 3 is 2.67 bits per heavy atom. The van der Waals surface area contributed by atoms with Gasteiger partial charge in [0.15, 0.2) is 5.96 Å². The Kier molecular flexibility index (Phi) is 9.02. The van der Waals surface area contributed by atoms with Crippen LogP contribution in [0.4, 0.5) is 4.39 Å². The van der Waals surface area contributed by atoms with E-state index in [-0.39, 0.29) is 35.2 Å². The number of halogens is 2. The van der Waals surface area contributed by atoms with Gasteiger partial charge >= 0.3 is 0 Å². The van der Waals surface area contributed by atoms with Gasteiger partial charge in [0.05, 0.1) is 13.1 Å². The van der Waals surface area contributed by atoms with Crippen molar-refractivity contribution in [2.24, 2.45) is 4.99 Å². The molecule has 116 valence electrons. The second-order valence-corrected chi connectivity index (χ2v) is 5.15. The molecule has 2 N–H and O–H groups in total. The maximum Gasteiger partial charge on any atom is 0.192 e. The molecule has 3 nitrogen and oxygen atoms in total. The van der Waals surface area contributed by atoms with Crippen LogP contribution in [0.5, 0.6) is 0 Å². The van der Waals surface area contributed by atoms with Gasteiger partial charge in [-0.2, -0.15) is 0 Å². The summed E-state index contributed by atoms with van der Waals surface area (Å²) < 4.78 is 13.3. The standard InChI is InChI=1S/C16H22FN3.HI/c1-5-10-19-15(18-6-2)20-12-16(3,4)13-8-7-9-14(17)11-13;/h1,7-9,11H,6,10,12H2,2-4H3,(H2,18,19,20);1H. The average Bonchev–Trinajstić information content (AvgIpc) is 2.42. The van der Waals surface area contributed by atoms with Crippen molar-refractivity contribution in [2.75, 3.05) is 19.6 Å². The first kappa shape index (κ1) is 19.7. The smallest absolute Gasteiger partial charge is 0.192 e. The van der Waals surface area contributed by atoms with E-state index >= 15 is 0 Å². The molecular weight excluding hydrogens is 380 g/mol. The van der Waals surface area contributed by atoms with Crippen LogP contribution in [0.15, 0.2) is 29.3 Å². The zero-order chi connectivity index (χ0) is 15.0. The minimum Gasteiger partial charge on any atom is -0.357 e. The summed E-state index contributed by atoms with van der Waals surface area (Å²) in [6.07, 6.45) is 5.23. The van der Waals surface area contributed by atoms with Crippen molar-refractivity contribution in [3.05, 3.63) is 35.6 Å². The second kappa shape index (κ2) is 9.61. The Hall–Kier alpha value is -1.29. The van der Waals surface area contributed by atoms with Crippen molar-refractivity contribution in [2.45, 2.75) is 26.2 Å². The molecule has 0 saturated carbocycles. The van der Waals surface area contributed by atoms with Crippen molar-refractivity contribution in [3.8, 4) is 12.3 Å². The van der Waals surface area contributed by atoms with E-state index in [0.29, 0.717) is 19.0 Å². The van der Waals surface area contributed by atoms with E-state index < -0.39 is 0 Å². The highest BCUT2D eigenvalue weighted by Crippen LogP contribution is 2.23. The van der Waals surface area contributed by atoms with Crippen molar-refractivity contribution in [1.82, 2.24) is 10.6 Å². The third-order valence-corrected chi connectivity index (χ3v) is 2.94. The van der Waals surface area contributed by atoms with Crippen LogP contribution < -0.4 is 10.6 Å². The summed E-state index contributed by atoms with van der Waals surface area (Å²) in [4.78, 5) is 4.51. The van der Waals surface area contributed by atoms with E-state index in [9.17, 15) is 4.39 Å². The van der Waals surface area contributed by atoms with Gasteiger partial charge < -0.3 is 10.6 Å². The molecule has 0 saturated heterocycles. The molecule has 1 rings (SSSR count). The molecule has 0 unspecified atom stereocenters. The molecule has 0 atom stereocenters. The predicted molar refractivity (Wildman–Crippen MR) is 97.7 cm³/mol. The molecule has 0 spiro atoms. The highest BCUT2D eigenvalue weighted by atomic mass is 127. The van der Waals surface area contributed by atoms with E-state index in [1.165, 1.54) is 6.07 Å². The molecule has 0 heterocycles. The topological polar surface area (TPSA) is 36.4 Å². The quantitative estimate of drug-likeness (QED) is 0.343. The highest BCUT2D eigenvalue weighted by molar-refractivity contribution is 14.0. The molecule has 0 fully saturated rings. The van der Waals surface area contributed by atoms with Crippen LogP contribution in [0.2, 0.25) is 0 Å². The van der Waals surface area contributed by atoms with E-state index in [1.807, 2.05) is 26.8 Å². The summed E-state index contributed by atoms with van der Waals surface area (Å²) in [5, 5.41) is 6.16. The van der Waals surface area contributed by atoms with Crippen molar-refractivity contribution in [3.63, 3.8) is 0 Å². The van der Waals surface area contributed by atoms with Crippen LogP contribution in [-0.4, -0.2) is 25.6 Å². The molecular formula is C16H23FIN3. The molecule has 0 aromatic heterocycles. The number of hydrogen-bond acceptors (Lipinski definition) is 1. The molecule has 1 aromatic carbocycles. The summed E-state index contributed by atoms with van der Waals surface area (Å²) in [6.45, 7) is 7.79. The summed E-state index contributed by atoms with van der Waals surface area (Å²) in [7, 11) is 0. The lowest BCUT2D eigenvalue weighted by Gasteiger charge is -2.23. The van der Waals surface area contributed by atoms with Crippen molar-refractivity contribution in [1.29, 1.82) is 0 Å². The Bertz CT molecular complexity index is 506. The number of benzene rings is 1. The van der Waals surface area contributed by atoms with Gasteiger partial charge in [-0.25, -0.2) is 4.39 Å². The van der Waals surface area contributed by atoms with Gasteiger partial charge in [0, 0.05) is 12.0 Å². The van der Waals surface area contributed by atoms with E-state index in [0.717, 1.165) is 12.1 Å². The molecule has 0 bridgehead atoms. The number of nitrogens with zero attached hydrogens (tertiary/aromatic N) is 1. The molecule has 0 amide bonds. The van der Waals surface area contributed by atoms with E-state index in [1.54, 1.807) is 12.1 Å². The third kappa shape index (κ3) is 6.80. The number of hydrogen-bond donors (Lipinski definition) is 2. The van der Waals surface area contributed by atoms with Gasteiger partial charge in [0.25, 0.3) is 0 Å². The Morgan fingerprint density at radius 1 is 1.38 bits per heavy atom. The van der Waals surface area contributed by atoms with Gasteiger partial charge in [0.1, 0.15) is 5.82 Å². The zero-order valence-electron chi connectivity index (χ0n) is 12.7. The van der Waals surface area contributed by atoms with Crippen molar-refractivity contribution >= 4 is 29.9 Å². The van der Waals surface area contributed by atoms with Crippen LogP contribution in [0.25, 0.3) is 0 Å².